The summed E-state index contributed by atoms with van der Waals surface area (Å²) in [6.45, 7) is 1.76. The van der Waals surface area contributed by atoms with Crippen LogP contribution in [0.2, 0.25) is 0 Å². The number of carbonyl (C=O) groups excluding carboxylic acids is 2. The Kier molecular flexibility index (Phi) is 3.65. The Labute approximate surface area is 150 Å². The van der Waals surface area contributed by atoms with Gasteiger partial charge in [-0.2, -0.15) is 0 Å². The highest BCUT2D eigenvalue weighted by Crippen LogP contribution is 2.37. The van der Waals surface area contributed by atoms with Crippen molar-refractivity contribution in [2.75, 3.05) is 14.2 Å². The zero-order valence-corrected chi connectivity index (χ0v) is 14.5. The van der Waals surface area contributed by atoms with Gasteiger partial charge in [0.25, 0.3) is 0 Å². The Balaban J connectivity index is 2.30. The summed E-state index contributed by atoms with van der Waals surface area (Å²) in [5.41, 5.74) is 0.240. The van der Waals surface area contributed by atoms with E-state index in [0.717, 1.165) is 0 Å². The normalized spacial score (nSPS) is 11.2. The highest BCUT2D eigenvalue weighted by atomic mass is 16.5. The van der Waals surface area contributed by atoms with Crippen molar-refractivity contribution in [2.45, 2.75) is 6.92 Å². The lowest BCUT2D eigenvalue weighted by molar-refractivity contribution is 0.0576. The molecular weight excluding hydrogens is 356 g/mol. The van der Waals surface area contributed by atoms with Gasteiger partial charge < -0.3 is 18.3 Å². The van der Waals surface area contributed by atoms with Crippen LogP contribution in [0.4, 0.5) is 0 Å². The minimum Gasteiger partial charge on any atom is -0.464 e. The molecule has 0 fully saturated rings. The standard InChI is InChI=1S/C18H12N2O7/c1-7-6-10(21)27-15-8(7)4-5-9-11(15)12-13(17(22)24-2)19-20-14(16(12)26-9)18(23)25-3/h4-6H,1-3H3. The molecule has 0 aliphatic carbocycles. The van der Waals surface area contributed by atoms with Crippen LogP contribution < -0.4 is 5.63 Å². The zero-order valence-electron chi connectivity index (χ0n) is 14.5. The van der Waals surface area contributed by atoms with Crippen LogP contribution >= 0.6 is 0 Å². The quantitative estimate of drug-likeness (QED) is 0.387. The fourth-order valence-corrected chi connectivity index (χ4v) is 3.02. The molecule has 9 nitrogen and oxygen atoms in total. The zero-order chi connectivity index (χ0) is 19.3. The molecule has 136 valence electrons. The molecule has 0 N–H and O–H groups in total. The second-order valence-corrected chi connectivity index (χ2v) is 5.75. The van der Waals surface area contributed by atoms with Crippen LogP contribution in [0.5, 0.6) is 0 Å². The number of rotatable bonds is 2. The average molecular weight is 368 g/mol. The predicted molar refractivity (Wildman–Crippen MR) is 92.8 cm³/mol. The van der Waals surface area contributed by atoms with Gasteiger partial charge >= 0.3 is 17.6 Å². The first-order chi connectivity index (χ1) is 13.0. The van der Waals surface area contributed by atoms with E-state index in [0.29, 0.717) is 16.3 Å². The fourth-order valence-electron chi connectivity index (χ4n) is 3.02. The molecule has 4 aromatic rings. The Morgan fingerprint density at radius 1 is 0.926 bits per heavy atom. The summed E-state index contributed by atoms with van der Waals surface area (Å²) in [6.07, 6.45) is 0. The number of fused-ring (bicyclic) bond motifs is 5. The van der Waals surface area contributed by atoms with E-state index in [2.05, 4.69) is 10.2 Å². The SMILES string of the molecule is COC(=O)c1nnc(C(=O)OC)c2c1oc1ccc3c(C)cc(=O)oc3c12. The summed E-state index contributed by atoms with van der Waals surface area (Å²) in [4.78, 5) is 36.2. The molecule has 9 heteroatoms. The van der Waals surface area contributed by atoms with Crippen LogP contribution in [0.1, 0.15) is 26.5 Å². The number of esters is 2. The average Bonchev–Trinajstić information content (AvgIpc) is 3.05. The molecule has 4 rings (SSSR count). The number of aromatic nitrogens is 2. The van der Waals surface area contributed by atoms with Crippen LogP contribution in [0.15, 0.2) is 31.8 Å². The van der Waals surface area contributed by atoms with Gasteiger partial charge in [-0.3, -0.25) is 0 Å². The van der Waals surface area contributed by atoms with Crippen molar-refractivity contribution >= 4 is 44.8 Å². The van der Waals surface area contributed by atoms with Gasteiger partial charge in [-0.1, -0.05) is 0 Å². The molecule has 3 heterocycles. The third-order valence-electron chi connectivity index (χ3n) is 4.23. The van der Waals surface area contributed by atoms with Crippen LogP contribution in [0.3, 0.4) is 0 Å². The summed E-state index contributed by atoms with van der Waals surface area (Å²) >= 11 is 0. The monoisotopic (exact) mass is 368 g/mol. The Morgan fingerprint density at radius 2 is 1.59 bits per heavy atom. The van der Waals surface area contributed by atoms with Gasteiger partial charge in [-0.05, 0) is 24.6 Å². The Bertz CT molecular complexity index is 1320. The third kappa shape index (κ3) is 2.35. The number of nitrogens with zero attached hydrogens (tertiary/aromatic N) is 2. The van der Waals surface area contributed by atoms with E-state index >= 15 is 0 Å². The van der Waals surface area contributed by atoms with Crippen molar-refractivity contribution in [3.8, 4) is 0 Å². The van der Waals surface area contributed by atoms with Gasteiger partial charge in [-0.15, -0.1) is 10.2 Å². The number of benzene rings is 1. The lowest BCUT2D eigenvalue weighted by atomic mass is 10.1. The first kappa shape index (κ1) is 16.7. The van der Waals surface area contributed by atoms with E-state index < -0.39 is 17.6 Å². The van der Waals surface area contributed by atoms with Crippen LogP contribution in [0, 0.1) is 6.92 Å². The fraction of sp³-hybridized carbons (Fsp3) is 0.167. The molecule has 0 saturated heterocycles. The molecule has 0 bridgehead atoms. The maximum atomic E-state index is 12.2. The second-order valence-electron chi connectivity index (χ2n) is 5.75. The van der Waals surface area contributed by atoms with Gasteiger partial charge in [0.1, 0.15) is 5.58 Å². The first-order valence-corrected chi connectivity index (χ1v) is 7.79. The summed E-state index contributed by atoms with van der Waals surface area (Å²) in [5, 5.41) is 8.69. The van der Waals surface area contributed by atoms with Gasteiger partial charge in [0.15, 0.2) is 16.9 Å². The number of furan rings is 1. The molecule has 0 aliphatic rings. The smallest absolute Gasteiger partial charge is 0.362 e. The Hall–Kier alpha value is -3.75. The lowest BCUT2D eigenvalue weighted by Gasteiger charge is -2.04. The second kappa shape index (κ2) is 5.90. The molecule has 3 aromatic heterocycles. The van der Waals surface area contributed by atoms with Crippen molar-refractivity contribution in [2.24, 2.45) is 0 Å². The van der Waals surface area contributed by atoms with E-state index in [9.17, 15) is 14.4 Å². The summed E-state index contributed by atoms with van der Waals surface area (Å²) in [7, 11) is 2.37. The van der Waals surface area contributed by atoms with Gasteiger partial charge in [0.05, 0.1) is 25.0 Å². The molecule has 1 aromatic carbocycles. The van der Waals surface area contributed by atoms with Crippen molar-refractivity contribution in [3.63, 3.8) is 0 Å². The van der Waals surface area contributed by atoms with E-state index in [4.69, 9.17) is 18.3 Å². The van der Waals surface area contributed by atoms with Crippen molar-refractivity contribution in [3.05, 3.63) is 45.6 Å². The van der Waals surface area contributed by atoms with Crippen LogP contribution in [-0.4, -0.2) is 36.4 Å². The summed E-state index contributed by atoms with van der Waals surface area (Å²) in [6, 6.07) is 4.72. The summed E-state index contributed by atoms with van der Waals surface area (Å²) < 4.78 is 20.6. The lowest BCUT2D eigenvalue weighted by Crippen LogP contribution is -2.11. The third-order valence-corrected chi connectivity index (χ3v) is 4.23. The molecule has 0 radical (unpaired) electrons. The highest BCUT2D eigenvalue weighted by molar-refractivity contribution is 6.23. The molecule has 0 aliphatic heterocycles. The molecule has 27 heavy (non-hydrogen) atoms. The number of aryl methyl sites for hydroxylation is 1. The predicted octanol–water partition coefficient (Wildman–Crippen LogP) is 2.36. The number of carbonyl (C=O) groups is 2. The van der Waals surface area contributed by atoms with Crippen molar-refractivity contribution < 1.29 is 27.9 Å². The maximum absolute atomic E-state index is 12.2. The highest BCUT2D eigenvalue weighted by Gasteiger charge is 2.27. The maximum Gasteiger partial charge on any atom is 0.362 e. The van der Waals surface area contributed by atoms with E-state index in [1.54, 1.807) is 19.1 Å². The van der Waals surface area contributed by atoms with Crippen LogP contribution in [-0.2, 0) is 9.47 Å². The van der Waals surface area contributed by atoms with Gasteiger partial charge in [0.2, 0.25) is 5.69 Å². The molecule has 0 amide bonds. The minimum atomic E-state index is -0.787. The topological polar surface area (TPSA) is 122 Å². The first-order valence-electron chi connectivity index (χ1n) is 7.79. The summed E-state index contributed by atoms with van der Waals surface area (Å²) in [5.74, 6) is -1.57. The van der Waals surface area contributed by atoms with Crippen LogP contribution in [0.25, 0.3) is 32.9 Å². The molecule has 0 atom stereocenters. The van der Waals surface area contributed by atoms with E-state index in [1.807, 2.05) is 0 Å². The molecular formula is C18H12N2O7. The Morgan fingerprint density at radius 3 is 2.30 bits per heavy atom. The minimum absolute atomic E-state index is 0.0103. The largest absolute Gasteiger partial charge is 0.464 e. The molecule has 0 spiro atoms. The van der Waals surface area contributed by atoms with Gasteiger partial charge in [0, 0.05) is 11.5 Å². The van der Waals surface area contributed by atoms with E-state index in [-0.39, 0.29) is 33.5 Å². The number of ether oxygens (including phenoxy) is 2. The number of hydrogen-bond donors (Lipinski definition) is 0. The van der Waals surface area contributed by atoms with Crippen molar-refractivity contribution in [1.29, 1.82) is 0 Å². The van der Waals surface area contributed by atoms with E-state index in [1.165, 1.54) is 20.3 Å². The number of hydrogen-bond acceptors (Lipinski definition) is 9. The number of methoxy groups -OCH3 is 2. The molecule has 0 unspecified atom stereocenters. The van der Waals surface area contributed by atoms with Crippen molar-refractivity contribution in [1.82, 2.24) is 10.2 Å². The van der Waals surface area contributed by atoms with Gasteiger partial charge in [-0.25, -0.2) is 14.4 Å². The molecule has 0 saturated carbocycles.